The molecule has 1 aliphatic heterocycles. The summed E-state index contributed by atoms with van der Waals surface area (Å²) in [5, 5.41) is 2.52. The first-order valence-corrected chi connectivity index (χ1v) is 9.86. The number of rotatable bonds is 5. The molecule has 3 rings (SSSR count). The van der Waals surface area contributed by atoms with Crippen LogP contribution in [0.4, 0.5) is 23.2 Å². The maximum atomic E-state index is 14.1. The highest BCUT2D eigenvalue weighted by Crippen LogP contribution is 2.30. The molecule has 1 heterocycles. The molecule has 1 N–H and O–H groups in total. The molecule has 1 saturated heterocycles. The number of carbonyl (C=O) groups is 1. The molecule has 4 nitrogen and oxygen atoms in total. The van der Waals surface area contributed by atoms with Gasteiger partial charge in [0.25, 0.3) is 0 Å². The highest BCUT2D eigenvalue weighted by Gasteiger charge is 2.30. The molecule has 2 aromatic carbocycles. The Morgan fingerprint density at radius 3 is 2.38 bits per heavy atom. The molecule has 0 unspecified atom stereocenters. The third-order valence-corrected chi connectivity index (χ3v) is 5.34. The molecule has 0 saturated carbocycles. The third kappa shape index (κ3) is 6.01. The number of hydrogen-bond acceptors (Lipinski definition) is 3. The highest BCUT2D eigenvalue weighted by atomic mass is 79.9. The summed E-state index contributed by atoms with van der Waals surface area (Å²) in [6.45, 7) is 3.15. The maximum absolute atomic E-state index is 14.1. The van der Waals surface area contributed by atoms with Crippen LogP contribution < -0.4 is 5.32 Å². The quantitative estimate of drug-likeness (QED) is 0.655. The number of halogens is 5. The predicted octanol–water partition coefficient (Wildman–Crippen LogP) is 4.36. The first-order chi connectivity index (χ1) is 13.7. The van der Waals surface area contributed by atoms with E-state index in [4.69, 9.17) is 0 Å². The van der Waals surface area contributed by atoms with E-state index in [1.54, 1.807) is 18.2 Å². The van der Waals surface area contributed by atoms with Gasteiger partial charge in [-0.05, 0) is 40.2 Å². The zero-order valence-electron chi connectivity index (χ0n) is 15.5. The van der Waals surface area contributed by atoms with Gasteiger partial charge in [0.05, 0.1) is 16.6 Å². The van der Waals surface area contributed by atoms with E-state index in [2.05, 4.69) is 26.1 Å². The standard InChI is InChI=1S/C20H20BrF4N3O/c21-17-6-1-3-14(19(17)22)12-27-7-9-28(10-8-27)13-18(29)26-16-5-2-4-15(11-16)20(23,24)25/h1-6,11H,7-10,12-13H2,(H,26,29). The van der Waals surface area contributed by atoms with Crippen molar-refractivity contribution in [3.05, 3.63) is 63.9 Å². The smallest absolute Gasteiger partial charge is 0.325 e. The molecule has 1 amide bonds. The van der Waals surface area contributed by atoms with Crippen LogP contribution >= 0.6 is 15.9 Å². The number of amides is 1. The average Bonchev–Trinajstić information content (AvgIpc) is 2.66. The minimum Gasteiger partial charge on any atom is -0.325 e. The Kier molecular flexibility index (Phi) is 6.92. The van der Waals surface area contributed by atoms with Gasteiger partial charge in [-0.1, -0.05) is 18.2 Å². The fraction of sp³-hybridized carbons (Fsp3) is 0.350. The molecule has 0 aromatic heterocycles. The van der Waals surface area contributed by atoms with Crippen molar-refractivity contribution in [2.24, 2.45) is 0 Å². The molecule has 0 bridgehead atoms. The molecule has 0 radical (unpaired) electrons. The molecule has 0 spiro atoms. The molecule has 2 aromatic rings. The summed E-state index contributed by atoms with van der Waals surface area (Å²) in [5.41, 5.74) is -0.0765. The lowest BCUT2D eigenvalue weighted by molar-refractivity contribution is -0.137. The first kappa shape index (κ1) is 21.7. The van der Waals surface area contributed by atoms with E-state index in [9.17, 15) is 22.4 Å². The van der Waals surface area contributed by atoms with Gasteiger partial charge in [0.1, 0.15) is 5.82 Å². The molecule has 0 aliphatic carbocycles. The van der Waals surface area contributed by atoms with Gasteiger partial charge in [0.15, 0.2) is 0 Å². The Morgan fingerprint density at radius 1 is 1.03 bits per heavy atom. The van der Waals surface area contributed by atoms with Gasteiger partial charge < -0.3 is 5.32 Å². The lowest BCUT2D eigenvalue weighted by Gasteiger charge is -2.34. The summed E-state index contributed by atoms with van der Waals surface area (Å²) in [5.74, 6) is -0.633. The summed E-state index contributed by atoms with van der Waals surface area (Å²) >= 11 is 3.18. The van der Waals surface area contributed by atoms with Crippen LogP contribution in [0.2, 0.25) is 0 Å². The molecule has 0 atom stereocenters. The Balaban J connectivity index is 1.48. The second kappa shape index (κ2) is 9.23. The van der Waals surface area contributed by atoms with Crippen molar-refractivity contribution in [2.45, 2.75) is 12.7 Å². The lowest BCUT2D eigenvalue weighted by atomic mass is 10.2. The van der Waals surface area contributed by atoms with Crippen molar-refractivity contribution < 1.29 is 22.4 Å². The van der Waals surface area contributed by atoms with Crippen molar-refractivity contribution in [3.8, 4) is 0 Å². The van der Waals surface area contributed by atoms with Crippen LogP contribution in [-0.4, -0.2) is 48.4 Å². The minimum absolute atomic E-state index is 0.0926. The van der Waals surface area contributed by atoms with Crippen molar-refractivity contribution in [1.29, 1.82) is 0 Å². The highest BCUT2D eigenvalue weighted by molar-refractivity contribution is 9.10. The molecular weight excluding hydrogens is 454 g/mol. The first-order valence-electron chi connectivity index (χ1n) is 9.07. The van der Waals surface area contributed by atoms with Gasteiger partial charge in [-0.2, -0.15) is 13.2 Å². The monoisotopic (exact) mass is 473 g/mol. The number of piperazine rings is 1. The summed E-state index contributed by atoms with van der Waals surface area (Å²) in [6, 6.07) is 9.76. The SMILES string of the molecule is O=C(CN1CCN(Cc2cccc(Br)c2F)CC1)Nc1cccc(C(F)(F)F)c1. The van der Waals surface area contributed by atoms with E-state index in [0.29, 0.717) is 42.8 Å². The van der Waals surface area contributed by atoms with E-state index >= 15 is 0 Å². The fourth-order valence-electron chi connectivity index (χ4n) is 3.19. The van der Waals surface area contributed by atoms with Crippen molar-refractivity contribution >= 4 is 27.5 Å². The van der Waals surface area contributed by atoms with Gasteiger partial charge in [0, 0.05) is 44.0 Å². The molecule has 1 fully saturated rings. The summed E-state index contributed by atoms with van der Waals surface area (Å²) in [4.78, 5) is 16.2. The van der Waals surface area contributed by atoms with E-state index in [1.165, 1.54) is 12.1 Å². The van der Waals surface area contributed by atoms with Crippen LogP contribution in [0.25, 0.3) is 0 Å². The predicted molar refractivity (Wildman–Crippen MR) is 106 cm³/mol. The van der Waals surface area contributed by atoms with Gasteiger partial charge in [-0.3, -0.25) is 14.6 Å². The van der Waals surface area contributed by atoms with Crippen LogP contribution in [0, 0.1) is 5.82 Å². The number of alkyl halides is 3. The summed E-state index contributed by atoms with van der Waals surface area (Å²) in [7, 11) is 0. The Labute approximate surface area is 174 Å². The van der Waals surface area contributed by atoms with Gasteiger partial charge in [0.2, 0.25) is 5.91 Å². The number of carbonyl (C=O) groups excluding carboxylic acids is 1. The number of nitrogens with zero attached hydrogens (tertiary/aromatic N) is 2. The zero-order valence-corrected chi connectivity index (χ0v) is 17.1. The van der Waals surface area contributed by atoms with Crippen LogP contribution in [0.5, 0.6) is 0 Å². The molecule has 1 aliphatic rings. The van der Waals surface area contributed by atoms with Crippen LogP contribution in [0.15, 0.2) is 46.9 Å². The van der Waals surface area contributed by atoms with Crippen LogP contribution in [0.3, 0.4) is 0 Å². The Morgan fingerprint density at radius 2 is 1.69 bits per heavy atom. The second-order valence-corrected chi connectivity index (χ2v) is 7.75. The Hall–Kier alpha value is -1.97. The van der Waals surface area contributed by atoms with Crippen molar-refractivity contribution in [1.82, 2.24) is 9.80 Å². The van der Waals surface area contributed by atoms with Gasteiger partial charge in [-0.25, -0.2) is 4.39 Å². The fourth-order valence-corrected chi connectivity index (χ4v) is 3.60. The zero-order chi connectivity index (χ0) is 21.0. The van der Waals surface area contributed by atoms with Gasteiger partial charge >= 0.3 is 6.18 Å². The second-order valence-electron chi connectivity index (χ2n) is 6.89. The summed E-state index contributed by atoms with van der Waals surface area (Å²) < 4.78 is 52.8. The van der Waals surface area contributed by atoms with E-state index < -0.39 is 11.7 Å². The number of anilines is 1. The van der Waals surface area contributed by atoms with E-state index in [1.807, 2.05) is 4.90 Å². The van der Waals surface area contributed by atoms with E-state index in [0.717, 1.165) is 12.1 Å². The largest absolute Gasteiger partial charge is 0.416 e. The maximum Gasteiger partial charge on any atom is 0.416 e. The van der Waals surface area contributed by atoms with Crippen molar-refractivity contribution in [2.75, 3.05) is 38.0 Å². The Bertz CT molecular complexity index is 867. The van der Waals surface area contributed by atoms with E-state index in [-0.39, 0.29) is 24.0 Å². The molecule has 9 heteroatoms. The minimum atomic E-state index is -4.45. The van der Waals surface area contributed by atoms with Gasteiger partial charge in [-0.15, -0.1) is 0 Å². The summed E-state index contributed by atoms with van der Waals surface area (Å²) in [6.07, 6.45) is -4.45. The molecular formula is C20H20BrF4N3O. The lowest BCUT2D eigenvalue weighted by Crippen LogP contribution is -2.48. The van der Waals surface area contributed by atoms with Crippen molar-refractivity contribution in [3.63, 3.8) is 0 Å². The number of benzene rings is 2. The average molecular weight is 474 g/mol. The third-order valence-electron chi connectivity index (χ3n) is 4.73. The normalized spacial score (nSPS) is 16.0. The van der Waals surface area contributed by atoms with Crippen LogP contribution in [0.1, 0.15) is 11.1 Å². The molecule has 29 heavy (non-hydrogen) atoms. The topological polar surface area (TPSA) is 35.6 Å². The molecule has 156 valence electrons. The number of hydrogen-bond donors (Lipinski definition) is 1. The van der Waals surface area contributed by atoms with Crippen LogP contribution in [-0.2, 0) is 17.5 Å². The number of nitrogens with one attached hydrogen (secondary N) is 1.